The molecule has 7 nitrogen and oxygen atoms in total. The Labute approximate surface area is 147 Å². The molecule has 3 rings (SSSR count). The molecule has 3 atom stereocenters. The molecule has 2 aromatic rings. The summed E-state index contributed by atoms with van der Waals surface area (Å²) in [6.45, 7) is 2.58. The maximum absolute atomic E-state index is 12.0. The van der Waals surface area contributed by atoms with E-state index in [9.17, 15) is 9.90 Å². The largest absolute Gasteiger partial charge is 0.488 e. The summed E-state index contributed by atoms with van der Waals surface area (Å²) in [6.07, 6.45) is 4.72. The van der Waals surface area contributed by atoms with Gasteiger partial charge in [0.15, 0.2) is 0 Å². The third kappa shape index (κ3) is 4.79. The van der Waals surface area contributed by atoms with Crippen molar-refractivity contribution in [3.05, 3.63) is 42.5 Å². The van der Waals surface area contributed by atoms with Gasteiger partial charge in [-0.15, -0.1) is 0 Å². The van der Waals surface area contributed by atoms with Gasteiger partial charge in [0, 0.05) is 12.5 Å². The number of carbonyl (C=O) groups excluding carboxylic acids is 1. The fourth-order valence-electron chi connectivity index (χ4n) is 3.20. The van der Waals surface area contributed by atoms with Crippen LogP contribution in [0.25, 0.3) is 0 Å². The molecular weight excluding hydrogens is 320 g/mol. The Morgan fingerprint density at radius 1 is 1.44 bits per heavy atom. The highest BCUT2D eigenvalue weighted by Gasteiger charge is 2.33. The van der Waals surface area contributed by atoms with E-state index in [1.54, 1.807) is 0 Å². The molecule has 25 heavy (non-hydrogen) atoms. The lowest BCUT2D eigenvalue weighted by molar-refractivity contribution is -0.122. The Bertz CT molecular complexity index is 689. The third-order valence-corrected chi connectivity index (χ3v) is 4.54. The number of nitrogens with zero attached hydrogens (tertiary/aromatic N) is 3. The third-order valence-electron chi connectivity index (χ3n) is 4.54. The molecule has 1 saturated carbocycles. The van der Waals surface area contributed by atoms with Gasteiger partial charge in [0.1, 0.15) is 31.1 Å². The fraction of sp³-hybridized carbons (Fsp3) is 0.500. The standard InChI is InChI=1S/C18H24N4O3/c1-13-4-2-6-15(8-13)25-16-7-3-5-14(18(16)24)9-20-17(23)10-22-12-19-11-21-22/h2,4,6,8,11-12,14,16,18,24H,3,5,7,9-10H2,1H3,(H,20,23)/t14-,16-,18-/m1/s1. The molecule has 2 N–H and O–H groups in total. The van der Waals surface area contributed by atoms with E-state index in [1.165, 1.54) is 17.3 Å². The van der Waals surface area contributed by atoms with Crippen LogP contribution in [0, 0.1) is 12.8 Å². The van der Waals surface area contributed by atoms with E-state index in [0.717, 1.165) is 30.6 Å². The van der Waals surface area contributed by atoms with Crippen molar-refractivity contribution in [1.82, 2.24) is 20.1 Å². The highest BCUT2D eigenvalue weighted by molar-refractivity contribution is 5.75. The molecule has 0 saturated heterocycles. The van der Waals surface area contributed by atoms with Crippen molar-refractivity contribution in [2.75, 3.05) is 6.54 Å². The average molecular weight is 344 g/mol. The van der Waals surface area contributed by atoms with Gasteiger partial charge in [0.05, 0.1) is 6.10 Å². The van der Waals surface area contributed by atoms with Crippen LogP contribution >= 0.6 is 0 Å². The van der Waals surface area contributed by atoms with E-state index < -0.39 is 6.10 Å². The number of amides is 1. The number of carbonyl (C=O) groups is 1. The van der Waals surface area contributed by atoms with Crippen LogP contribution in [-0.2, 0) is 11.3 Å². The molecule has 1 aromatic heterocycles. The summed E-state index contributed by atoms with van der Waals surface area (Å²) in [5.74, 6) is 0.627. The van der Waals surface area contributed by atoms with E-state index in [-0.39, 0.29) is 24.5 Å². The molecule has 134 valence electrons. The van der Waals surface area contributed by atoms with Gasteiger partial charge in [-0.2, -0.15) is 5.10 Å². The zero-order valence-electron chi connectivity index (χ0n) is 14.3. The molecule has 1 heterocycles. The predicted octanol–water partition coefficient (Wildman–Crippen LogP) is 1.31. The first-order valence-corrected chi connectivity index (χ1v) is 8.62. The Hall–Kier alpha value is -2.41. The molecule has 1 aromatic carbocycles. The van der Waals surface area contributed by atoms with Crippen LogP contribution in [0.3, 0.4) is 0 Å². The Morgan fingerprint density at radius 2 is 2.32 bits per heavy atom. The van der Waals surface area contributed by atoms with Crippen molar-refractivity contribution in [2.24, 2.45) is 5.92 Å². The lowest BCUT2D eigenvalue weighted by Crippen LogP contribution is -2.46. The quantitative estimate of drug-likeness (QED) is 0.825. The summed E-state index contributed by atoms with van der Waals surface area (Å²) in [5.41, 5.74) is 1.12. The maximum atomic E-state index is 12.0. The first-order chi connectivity index (χ1) is 12.1. The molecule has 0 unspecified atom stereocenters. The predicted molar refractivity (Wildman–Crippen MR) is 92.0 cm³/mol. The number of ether oxygens (including phenoxy) is 1. The van der Waals surface area contributed by atoms with Gasteiger partial charge < -0.3 is 15.2 Å². The molecular formula is C18H24N4O3. The monoisotopic (exact) mass is 344 g/mol. The first-order valence-electron chi connectivity index (χ1n) is 8.62. The Balaban J connectivity index is 1.51. The van der Waals surface area contributed by atoms with E-state index in [2.05, 4.69) is 15.4 Å². The van der Waals surface area contributed by atoms with Gasteiger partial charge in [-0.05, 0) is 43.9 Å². The number of benzene rings is 1. The molecule has 1 fully saturated rings. The van der Waals surface area contributed by atoms with Gasteiger partial charge in [0.25, 0.3) is 0 Å². The van der Waals surface area contributed by atoms with Gasteiger partial charge in [-0.1, -0.05) is 12.1 Å². The van der Waals surface area contributed by atoms with Gasteiger partial charge in [-0.25, -0.2) is 9.67 Å². The minimum absolute atomic E-state index is 0.0109. The minimum Gasteiger partial charge on any atom is -0.488 e. The number of nitrogens with one attached hydrogen (secondary N) is 1. The number of hydrogen-bond donors (Lipinski definition) is 2. The van der Waals surface area contributed by atoms with Crippen molar-refractivity contribution in [3.63, 3.8) is 0 Å². The number of aromatic nitrogens is 3. The summed E-state index contributed by atoms with van der Waals surface area (Å²) >= 11 is 0. The number of rotatable bonds is 6. The average Bonchev–Trinajstić information content (AvgIpc) is 3.09. The molecule has 1 aliphatic carbocycles. The maximum Gasteiger partial charge on any atom is 0.241 e. The van der Waals surface area contributed by atoms with E-state index in [0.29, 0.717) is 6.54 Å². The number of aliphatic hydroxyl groups excluding tert-OH is 1. The Kier molecular flexibility index (Phi) is 5.65. The zero-order valence-corrected chi connectivity index (χ0v) is 14.3. The lowest BCUT2D eigenvalue weighted by atomic mass is 9.84. The molecule has 1 amide bonds. The first kappa shape index (κ1) is 17.4. The fourth-order valence-corrected chi connectivity index (χ4v) is 3.20. The molecule has 0 aliphatic heterocycles. The summed E-state index contributed by atoms with van der Waals surface area (Å²) < 4.78 is 7.45. The van der Waals surface area contributed by atoms with Crippen LogP contribution in [0.1, 0.15) is 24.8 Å². The molecule has 7 heteroatoms. The highest BCUT2D eigenvalue weighted by Crippen LogP contribution is 2.28. The zero-order chi connectivity index (χ0) is 17.6. The van der Waals surface area contributed by atoms with E-state index in [4.69, 9.17) is 4.74 Å². The minimum atomic E-state index is -0.596. The second-order valence-electron chi connectivity index (χ2n) is 6.55. The summed E-state index contributed by atoms with van der Waals surface area (Å²) in [4.78, 5) is 15.8. The second-order valence-corrected chi connectivity index (χ2v) is 6.55. The molecule has 0 bridgehead atoms. The van der Waals surface area contributed by atoms with Gasteiger partial charge >= 0.3 is 0 Å². The van der Waals surface area contributed by atoms with Crippen molar-refractivity contribution in [1.29, 1.82) is 0 Å². The summed E-state index contributed by atoms with van der Waals surface area (Å²) in [5, 5.41) is 17.4. The van der Waals surface area contributed by atoms with Crippen molar-refractivity contribution >= 4 is 5.91 Å². The smallest absolute Gasteiger partial charge is 0.241 e. The molecule has 0 spiro atoms. The number of hydrogen-bond acceptors (Lipinski definition) is 5. The number of aryl methyl sites for hydroxylation is 1. The topological polar surface area (TPSA) is 89.3 Å². The van der Waals surface area contributed by atoms with Gasteiger partial charge in [-0.3, -0.25) is 4.79 Å². The van der Waals surface area contributed by atoms with E-state index in [1.807, 2.05) is 31.2 Å². The molecule has 0 radical (unpaired) electrons. The van der Waals surface area contributed by atoms with Crippen LogP contribution < -0.4 is 10.1 Å². The van der Waals surface area contributed by atoms with E-state index >= 15 is 0 Å². The second kappa shape index (κ2) is 8.11. The van der Waals surface area contributed by atoms with Crippen LogP contribution in [0.15, 0.2) is 36.9 Å². The highest BCUT2D eigenvalue weighted by atomic mass is 16.5. The normalized spacial score (nSPS) is 23.2. The Morgan fingerprint density at radius 3 is 3.08 bits per heavy atom. The summed E-state index contributed by atoms with van der Waals surface area (Å²) in [6, 6.07) is 7.83. The van der Waals surface area contributed by atoms with Crippen molar-refractivity contribution < 1.29 is 14.6 Å². The summed E-state index contributed by atoms with van der Waals surface area (Å²) in [7, 11) is 0. The van der Waals surface area contributed by atoms with Crippen LogP contribution in [-0.4, -0.2) is 44.5 Å². The molecule has 1 aliphatic rings. The SMILES string of the molecule is Cc1cccc(O[C@@H]2CCC[C@H](CNC(=O)Cn3cncn3)[C@H]2O)c1. The number of aliphatic hydroxyl groups is 1. The van der Waals surface area contributed by atoms with Crippen LogP contribution in [0.5, 0.6) is 5.75 Å². The van der Waals surface area contributed by atoms with Crippen molar-refractivity contribution in [3.8, 4) is 5.75 Å². The van der Waals surface area contributed by atoms with Crippen LogP contribution in [0.4, 0.5) is 0 Å². The van der Waals surface area contributed by atoms with Gasteiger partial charge in [0.2, 0.25) is 5.91 Å². The van der Waals surface area contributed by atoms with Crippen molar-refractivity contribution in [2.45, 2.75) is 44.9 Å². The van der Waals surface area contributed by atoms with Crippen LogP contribution in [0.2, 0.25) is 0 Å². The lowest BCUT2D eigenvalue weighted by Gasteiger charge is -2.35.